The summed E-state index contributed by atoms with van der Waals surface area (Å²) in [6, 6.07) is 14.6. The molecule has 2 aromatic heterocycles. The zero-order chi connectivity index (χ0) is 15.2. The van der Waals surface area contributed by atoms with Crippen LogP contribution >= 0.6 is 0 Å². The van der Waals surface area contributed by atoms with Gasteiger partial charge < -0.3 is 19.9 Å². The number of anilines is 1. The Balaban J connectivity index is 1.66. The minimum absolute atomic E-state index is 0.181. The molecule has 114 valence electrons. The molecule has 6 nitrogen and oxygen atoms in total. The van der Waals surface area contributed by atoms with Crippen LogP contribution in [0.15, 0.2) is 57.6 Å². The highest BCUT2D eigenvalue weighted by atomic mass is 16.4. The van der Waals surface area contributed by atoms with Gasteiger partial charge in [-0.25, -0.2) is 0 Å². The third-order valence-electron chi connectivity index (χ3n) is 3.44. The number of furan rings is 1. The number of nitrogens with one attached hydrogen (secondary N) is 1. The normalized spacial score (nSPS) is 12.2. The molecule has 1 unspecified atom stereocenters. The zero-order valence-corrected chi connectivity index (χ0v) is 12.1. The quantitative estimate of drug-likeness (QED) is 0.697. The molecule has 2 heterocycles. The monoisotopic (exact) mass is 298 g/mol. The van der Waals surface area contributed by atoms with Crippen molar-refractivity contribution >= 4 is 6.01 Å². The minimum atomic E-state index is 0.181. The summed E-state index contributed by atoms with van der Waals surface area (Å²) in [5.41, 5.74) is 6.66. The van der Waals surface area contributed by atoms with Gasteiger partial charge in [-0.2, -0.15) is 0 Å². The van der Waals surface area contributed by atoms with Gasteiger partial charge in [-0.1, -0.05) is 35.4 Å². The molecule has 0 aliphatic carbocycles. The van der Waals surface area contributed by atoms with E-state index in [1.165, 1.54) is 5.56 Å². The molecular formula is C16H18N4O2. The Morgan fingerprint density at radius 2 is 1.95 bits per heavy atom. The summed E-state index contributed by atoms with van der Waals surface area (Å²) in [5.74, 6) is 1.55. The fourth-order valence-electron chi connectivity index (χ4n) is 2.38. The number of benzene rings is 1. The maximum Gasteiger partial charge on any atom is 0.315 e. The van der Waals surface area contributed by atoms with Crippen LogP contribution in [-0.2, 0) is 6.54 Å². The second-order valence-corrected chi connectivity index (χ2v) is 4.90. The summed E-state index contributed by atoms with van der Waals surface area (Å²) in [4.78, 5) is 0. The lowest BCUT2D eigenvalue weighted by molar-refractivity contribution is 0.474. The second kappa shape index (κ2) is 6.91. The Morgan fingerprint density at radius 3 is 2.64 bits per heavy atom. The van der Waals surface area contributed by atoms with E-state index in [1.54, 1.807) is 6.26 Å². The number of nitrogens with two attached hydrogens (primary N) is 1. The van der Waals surface area contributed by atoms with Crippen LogP contribution in [0.3, 0.4) is 0 Å². The first kappa shape index (κ1) is 14.3. The van der Waals surface area contributed by atoms with Gasteiger partial charge in [0, 0.05) is 12.5 Å². The third kappa shape index (κ3) is 3.35. The van der Waals surface area contributed by atoms with Gasteiger partial charge in [0.15, 0.2) is 0 Å². The van der Waals surface area contributed by atoms with Crippen molar-refractivity contribution in [2.45, 2.75) is 18.9 Å². The molecule has 3 rings (SSSR count). The van der Waals surface area contributed by atoms with Gasteiger partial charge in [0.2, 0.25) is 5.89 Å². The van der Waals surface area contributed by atoms with Crippen molar-refractivity contribution in [3.8, 4) is 0 Å². The van der Waals surface area contributed by atoms with E-state index >= 15 is 0 Å². The summed E-state index contributed by atoms with van der Waals surface area (Å²) in [6.45, 7) is 0.931. The fourth-order valence-corrected chi connectivity index (χ4v) is 2.38. The van der Waals surface area contributed by atoms with Crippen molar-refractivity contribution < 1.29 is 8.83 Å². The van der Waals surface area contributed by atoms with Gasteiger partial charge in [0.1, 0.15) is 5.76 Å². The van der Waals surface area contributed by atoms with Crippen LogP contribution in [0, 0.1) is 0 Å². The van der Waals surface area contributed by atoms with Gasteiger partial charge in [-0.3, -0.25) is 0 Å². The number of hydrogen-bond donors (Lipinski definition) is 2. The van der Waals surface area contributed by atoms with Crippen molar-refractivity contribution in [1.82, 2.24) is 10.2 Å². The van der Waals surface area contributed by atoms with Gasteiger partial charge in [-0.05, 0) is 24.1 Å². The van der Waals surface area contributed by atoms with Crippen LogP contribution in [0.1, 0.15) is 29.6 Å². The van der Waals surface area contributed by atoms with Crippen LogP contribution in [0.4, 0.5) is 6.01 Å². The SMILES string of the molecule is NCc1nnc(NCCC(c2ccccc2)c2ccco2)o1. The Labute approximate surface area is 128 Å². The lowest BCUT2D eigenvalue weighted by atomic mass is 9.93. The predicted octanol–water partition coefficient (Wildman–Crippen LogP) is 2.76. The molecule has 3 aromatic rings. The van der Waals surface area contributed by atoms with Crippen molar-refractivity contribution in [3.05, 3.63) is 65.9 Å². The summed E-state index contributed by atoms with van der Waals surface area (Å²) in [6.07, 6.45) is 2.54. The van der Waals surface area contributed by atoms with Crippen LogP contribution < -0.4 is 11.1 Å². The van der Waals surface area contributed by atoms with E-state index in [2.05, 4.69) is 27.6 Å². The molecular weight excluding hydrogens is 280 g/mol. The number of rotatable bonds is 7. The first-order valence-electron chi connectivity index (χ1n) is 7.21. The van der Waals surface area contributed by atoms with Crippen LogP contribution in [0.2, 0.25) is 0 Å². The molecule has 22 heavy (non-hydrogen) atoms. The van der Waals surface area contributed by atoms with E-state index in [1.807, 2.05) is 30.3 Å². The Kier molecular flexibility index (Phi) is 4.50. The first-order chi connectivity index (χ1) is 10.9. The Hall–Kier alpha value is -2.60. The molecule has 3 N–H and O–H groups in total. The molecule has 0 aliphatic rings. The zero-order valence-electron chi connectivity index (χ0n) is 12.1. The molecule has 0 saturated carbocycles. The van der Waals surface area contributed by atoms with E-state index in [0.29, 0.717) is 18.5 Å². The highest BCUT2D eigenvalue weighted by Gasteiger charge is 2.16. The van der Waals surface area contributed by atoms with Crippen LogP contribution in [-0.4, -0.2) is 16.7 Å². The van der Waals surface area contributed by atoms with Crippen molar-refractivity contribution in [2.24, 2.45) is 5.73 Å². The molecule has 0 aliphatic heterocycles. The van der Waals surface area contributed by atoms with Crippen molar-refractivity contribution in [2.75, 3.05) is 11.9 Å². The molecule has 0 fully saturated rings. The molecule has 0 amide bonds. The maximum atomic E-state index is 5.58. The molecule has 0 saturated heterocycles. The highest BCUT2D eigenvalue weighted by molar-refractivity contribution is 5.28. The van der Waals surface area contributed by atoms with Crippen molar-refractivity contribution in [1.29, 1.82) is 0 Å². The van der Waals surface area contributed by atoms with E-state index in [4.69, 9.17) is 14.6 Å². The lowest BCUT2D eigenvalue weighted by Crippen LogP contribution is -2.09. The molecule has 0 spiro atoms. The number of nitrogens with zero attached hydrogens (tertiary/aromatic N) is 2. The molecule has 1 atom stereocenters. The molecule has 6 heteroatoms. The topological polar surface area (TPSA) is 90.1 Å². The van der Waals surface area contributed by atoms with Crippen LogP contribution in [0.25, 0.3) is 0 Å². The third-order valence-corrected chi connectivity index (χ3v) is 3.44. The lowest BCUT2D eigenvalue weighted by Gasteiger charge is -2.15. The predicted molar refractivity (Wildman–Crippen MR) is 82.3 cm³/mol. The fraction of sp³-hybridized carbons (Fsp3) is 0.250. The number of aromatic nitrogens is 2. The average molecular weight is 298 g/mol. The second-order valence-electron chi connectivity index (χ2n) is 4.90. The summed E-state index contributed by atoms with van der Waals surface area (Å²) < 4.78 is 10.9. The standard InChI is InChI=1S/C16H18N4O2/c17-11-15-19-20-16(22-15)18-9-8-13(14-7-4-10-21-14)12-5-2-1-3-6-12/h1-7,10,13H,8-9,11,17H2,(H,18,20). The van der Waals surface area contributed by atoms with Crippen molar-refractivity contribution in [3.63, 3.8) is 0 Å². The highest BCUT2D eigenvalue weighted by Crippen LogP contribution is 2.28. The maximum absolute atomic E-state index is 5.58. The summed E-state index contributed by atoms with van der Waals surface area (Å²) in [7, 11) is 0. The largest absolute Gasteiger partial charge is 0.469 e. The average Bonchev–Trinajstić information content (AvgIpc) is 3.24. The Bertz CT molecular complexity index is 679. The molecule has 0 radical (unpaired) electrons. The first-order valence-corrected chi connectivity index (χ1v) is 7.21. The van der Waals surface area contributed by atoms with Gasteiger partial charge in [0.05, 0.1) is 12.8 Å². The summed E-state index contributed by atoms with van der Waals surface area (Å²) in [5, 5.41) is 10.8. The van der Waals surface area contributed by atoms with Gasteiger partial charge in [-0.15, -0.1) is 5.10 Å². The molecule has 0 bridgehead atoms. The van der Waals surface area contributed by atoms with Gasteiger partial charge >= 0.3 is 6.01 Å². The van der Waals surface area contributed by atoms with E-state index < -0.39 is 0 Å². The smallest absolute Gasteiger partial charge is 0.315 e. The number of hydrogen-bond acceptors (Lipinski definition) is 6. The van der Waals surface area contributed by atoms with Crippen LogP contribution in [0.5, 0.6) is 0 Å². The Morgan fingerprint density at radius 1 is 1.09 bits per heavy atom. The molecule has 1 aromatic carbocycles. The minimum Gasteiger partial charge on any atom is -0.469 e. The van der Waals surface area contributed by atoms with Gasteiger partial charge in [0.25, 0.3) is 0 Å². The van der Waals surface area contributed by atoms with E-state index in [-0.39, 0.29) is 12.5 Å². The van der Waals surface area contributed by atoms with E-state index in [9.17, 15) is 0 Å². The van der Waals surface area contributed by atoms with E-state index in [0.717, 1.165) is 12.2 Å². The summed E-state index contributed by atoms with van der Waals surface area (Å²) >= 11 is 0.